The number of ether oxygens (including phenoxy) is 3. The quantitative estimate of drug-likeness (QED) is 0.409. The second kappa shape index (κ2) is 8.75. The first-order valence-corrected chi connectivity index (χ1v) is 10.2. The molecule has 5 unspecified atom stereocenters. The van der Waals surface area contributed by atoms with Crippen molar-refractivity contribution in [1.29, 1.82) is 0 Å². The summed E-state index contributed by atoms with van der Waals surface area (Å²) >= 11 is 0. The Labute approximate surface area is 165 Å². The summed E-state index contributed by atoms with van der Waals surface area (Å²) in [6.07, 6.45) is 2.95. The molecule has 5 amide bonds. The molecule has 6 atom stereocenters. The van der Waals surface area contributed by atoms with Gasteiger partial charge in [0.1, 0.15) is 18.3 Å². The summed E-state index contributed by atoms with van der Waals surface area (Å²) in [5.41, 5.74) is 0. The first kappa shape index (κ1) is 21.0. The molecule has 0 saturated carbocycles. The molecular formula is C19H31N3O6. The number of nitrogens with zero attached hydrogens (tertiary/aromatic N) is 3. The molecule has 3 fully saturated rings. The van der Waals surface area contributed by atoms with Crippen LogP contribution in [0.15, 0.2) is 0 Å². The van der Waals surface area contributed by atoms with E-state index in [2.05, 4.69) is 0 Å². The minimum absolute atomic E-state index is 0.00353. The number of hydrogen-bond donors (Lipinski definition) is 0. The molecule has 0 spiro atoms. The van der Waals surface area contributed by atoms with E-state index in [9.17, 15) is 14.4 Å². The number of hydrogen-bond acceptors (Lipinski definition) is 6. The molecular weight excluding hydrogens is 366 g/mol. The monoisotopic (exact) mass is 397 g/mol. The lowest BCUT2D eigenvalue weighted by Gasteiger charge is -2.29. The van der Waals surface area contributed by atoms with Crippen molar-refractivity contribution >= 4 is 18.5 Å². The number of likely N-dealkylation sites (N-methyl/N-ethyl adjacent to an activating group) is 1. The van der Waals surface area contributed by atoms with Crippen LogP contribution >= 0.6 is 0 Å². The Morgan fingerprint density at radius 3 is 1.64 bits per heavy atom. The maximum Gasteiger partial charge on any atom is 0.334 e. The van der Waals surface area contributed by atoms with E-state index in [1.54, 1.807) is 7.05 Å². The molecule has 0 N–H and O–H groups in total. The molecule has 3 heterocycles. The Morgan fingerprint density at radius 2 is 1.21 bits per heavy atom. The van der Waals surface area contributed by atoms with Crippen LogP contribution in [0.2, 0.25) is 0 Å². The molecule has 0 aromatic carbocycles. The molecule has 0 bridgehead atoms. The third kappa shape index (κ3) is 4.82. The SMILES string of the molecule is CCC1OC1CN(C)C(=O)N(CC1OC1CC)C(=O)N(C=O)CC1O[C@@H]1CC. The van der Waals surface area contributed by atoms with Gasteiger partial charge in [0.2, 0.25) is 6.41 Å². The molecule has 0 aliphatic carbocycles. The number of amides is 5. The van der Waals surface area contributed by atoms with Crippen molar-refractivity contribution in [3.63, 3.8) is 0 Å². The average Bonchev–Trinajstić information content (AvgIpc) is 3.59. The lowest BCUT2D eigenvalue weighted by Crippen LogP contribution is -2.53. The zero-order chi connectivity index (χ0) is 20.4. The molecule has 9 heteroatoms. The van der Waals surface area contributed by atoms with Crippen molar-refractivity contribution in [3.05, 3.63) is 0 Å². The highest BCUT2D eigenvalue weighted by atomic mass is 16.6. The van der Waals surface area contributed by atoms with Crippen LogP contribution < -0.4 is 0 Å². The number of urea groups is 2. The third-order valence-corrected chi connectivity index (χ3v) is 5.62. The zero-order valence-corrected chi connectivity index (χ0v) is 17.1. The van der Waals surface area contributed by atoms with Crippen LogP contribution in [0.25, 0.3) is 0 Å². The number of epoxide rings is 3. The van der Waals surface area contributed by atoms with Crippen LogP contribution in [0, 0.1) is 0 Å². The normalized spacial score (nSPS) is 32.4. The van der Waals surface area contributed by atoms with Gasteiger partial charge in [0.15, 0.2) is 0 Å². The molecule has 0 aromatic heterocycles. The Balaban J connectivity index is 1.63. The number of imide groups is 2. The highest BCUT2D eigenvalue weighted by molar-refractivity contribution is 5.97. The lowest BCUT2D eigenvalue weighted by molar-refractivity contribution is -0.116. The first-order chi connectivity index (χ1) is 13.4. The molecule has 3 aliphatic rings. The van der Waals surface area contributed by atoms with Gasteiger partial charge in [-0.3, -0.25) is 9.69 Å². The van der Waals surface area contributed by atoms with Gasteiger partial charge in [0.25, 0.3) is 0 Å². The van der Waals surface area contributed by atoms with Gasteiger partial charge in [0.05, 0.1) is 37.9 Å². The maximum atomic E-state index is 13.0. The fraction of sp³-hybridized carbons (Fsp3) is 0.842. The molecule has 3 rings (SSSR count). The van der Waals surface area contributed by atoms with Gasteiger partial charge in [0, 0.05) is 7.05 Å². The van der Waals surface area contributed by atoms with E-state index in [1.807, 2.05) is 20.8 Å². The largest absolute Gasteiger partial charge is 0.368 e. The van der Waals surface area contributed by atoms with E-state index in [0.717, 1.165) is 29.1 Å². The lowest BCUT2D eigenvalue weighted by atomic mass is 10.2. The summed E-state index contributed by atoms with van der Waals surface area (Å²) in [6.45, 7) is 6.71. The van der Waals surface area contributed by atoms with Gasteiger partial charge in [-0.15, -0.1) is 0 Å². The predicted octanol–water partition coefficient (Wildman–Crippen LogP) is 1.45. The Bertz CT molecular complexity index is 602. The molecule has 9 nitrogen and oxygen atoms in total. The van der Waals surface area contributed by atoms with Crippen LogP contribution in [-0.2, 0) is 19.0 Å². The van der Waals surface area contributed by atoms with Crippen LogP contribution in [0.5, 0.6) is 0 Å². The minimum atomic E-state index is -0.633. The Kier molecular flexibility index (Phi) is 6.57. The van der Waals surface area contributed by atoms with E-state index in [-0.39, 0.29) is 49.7 Å². The Morgan fingerprint density at radius 1 is 0.750 bits per heavy atom. The van der Waals surface area contributed by atoms with E-state index in [1.165, 1.54) is 4.90 Å². The van der Waals surface area contributed by atoms with Crippen molar-refractivity contribution in [2.75, 3.05) is 26.7 Å². The summed E-state index contributed by atoms with van der Waals surface area (Å²) < 4.78 is 16.5. The number of carbonyl (C=O) groups is 3. The number of carbonyl (C=O) groups excluding carboxylic acids is 3. The van der Waals surface area contributed by atoms with E-state index in [0.29, 0.717) is 13.0 Å². The van der Waals surface area contributed by atoms with Gasteiger partial charge in [-0.05, 0) is 19.3 Å². The van der Waals surface area contributed by atoms with Crippen molar-refractivity contribution in [2.45, 2.75) is 76.7 Å². The van der Waals surface area contributed by atoms with Gasteiger partial charge in [-0.1, -0.05) is 20.8 Å². The third-order valence-electron chi connectivity index (χ3n) is 5.62. The maximum absolute atomic E-state index is 13.0. The van der Waals surface area contributed by atoms with Gasteiger partial charge in [-0.25, -0.2) is 14.5 Å². The molecule has 3 aliphatic heterocycles. The molecule has 0 radical (unpaired) electrons. The van der Waals surface area contributed by atoms with Crippen LogP contribution in [0.4, 0.5) is 9.59 Å². The highest BCUT2D eigenvalue weighted by Crippen LogP contribution is 2.29. The van der Waals surface area contributed by atoms with Crippen molar-refractivity contribution < 1.29 is 28.6 Å². The first-order valence-electron chi connectivity index (χ1n) is 10.2. The minimum Gasteiger partial charge on any atom is -0.368 e. The molecule has 3 saturated heterocycles. The summed E-state index contributed by atoms with van der Waals surface area (Å²) in [5.74, 6) is 0. The van der Waals surface area contributed by atoms with E-state index >= 15 is 0 Å². The van der Waals surface area contributed by atoms with E-state index in [4.69, 9.17) is 14.2 Å². The molecule has 158 valence electrons. The standard InChI is InChI=1S/C19H31N3O6/c1-5-12-15(26-12)8-20(4)18(24)22(10-17-14(7-3)28-17)19(25)21(11-23)9-16-13(6-2)27-16/h11-17H,5-10H2,1-4H3/t12?,13-,14?,15?,16?,17?/m1/s1. The van der Waals surface area contributed by atoms with Crippen LogP contribution in [0.3, 0.4) is 0 Å². The van der Waals surface area contributed by atoms with Gasteiger partial charge in [-0.2, -0.15) is 0 Å². The summed E-state index contributed by atoms with van der Waals surface area (Å²) in [5, 5.41) is 0. The summed E-state index contributed by atoms with van der Waals surface area (Å²) in [7, 11) is 1.64. The molecule has 28 heavy (non-hydrogen) atoms. The van der Waals surface area contributed by atoms with Gasteiger partial charge >= 0.3 is 12.1 Å². The van der Waals surface area contributed by atoms with Gasteiger partial charge < -0.3 is 19.1 Å². The van der Waals surface area contributed by atoms with Crippen molar-refractivity contribution in [3.8, 4) is 0 Å². The molecule has 0 aromatic rings. The van der Waals surface area contributed by atoms with E-state index < -0.39 is 12.1 Å². The van der Waals surface area contributed by atoms with Crippen molar-refractivity contribution in [2.24, 2.45) is 0 Å². The predicted molar refractivity (Wildman–Crippen MR) is 99.8 cm³/mol. The highest BCUT2D eigenvalue weighted by Gasteiger charge is 2.45. The zero-order valence-electron chi connectivity index (χ0n) is 17.1. The average molecular weight is 397 g/mol. The summed E-state index contributed by atoms with van der Waals surface area (Å²) in [4.78, 5) is 41.1. The second-order valence-corrected chi connectivity index (χ2v) is 7.68. The topological polar surface area (TPSA) is 98.5 Å². The Hall–Kier alpha value is -1.71. The fourth-order valence-electron chi connectivity index (χ4n) is 3.58. The fourth-order valence-corrected chi connectivity index (χ4v) is 3.58. The van der Waals surface area contributed by atoms with Crippen molar-refractivity contribution in [1.82, 2.24) is 14.7 Å². The summed E-state index contributed by atoms with van der Waals surface area (Å²) in [6, 6.07) is -1.08. The van der Waals surface area contributed by atoms with Crippen LogP contribution in [0.1, 0.15) is 40.0 Å². The number of rotatable bonds is 10. The smallest absolute Gasteiger partial charge is 0.334 e. The van der Waals surface area contributed by atoms with Crippen LogP contribution in [-0.4, -0.2) is 96.5 Å². The second-order valence-electron chi connectivity index (χ2n) is 7.68.